The summed E-state index contributed by atoms with van der Waals surface area (Å²) in [5, 5.41) is 10.7. The van der Waals surface area contributed by atoms with E-state index in [0.29, 0.717) is 30.2 Å². The maximum Gasteiger partial charge on any atom is 0.223 e. The lowest BCUT2D eigenvalue weighted by Gasteiger charge is -2.39. The number of hydrogen-bond donors (Lipinski definition) is 2. The van der Waals surface area contributed by atoms with Crippen molar-refractivity contribution in [3.8, 4) is 0 Å². The van der Waals surface area contributed by atoms with Crippen LogP contribution in [-0.4, -0.2) is 66.4 Å². The van der Waals surface area contributed by atoms with Crippen LogP contribution in [0, 0.1) is 12.8 Å². The summed E-state index contributed by atoms with van der Waals surface area (Å²) < 4.78 is 10.5. The maximum absolute atomic E-state index is 5.53. The minimum atomic E-state index is 0.403. The Morgan fingerprint density at radius 1 is 1.19 bits per heavy atom. The molecule has 1 fully saturated rings. The molecule has 1 unspecified atom stereocenters. The van der Waals surface area contributed by atoms with E-state index in [0.717, 1.165) is 45.4 Å². The highest BCUT2D eigenvalue weighted by atomic mass is 16.5. The third kappa shape index (κ3) is 6.25. The molecule has 0 aromatic carbocycles. The van der Waals surface area contributed by atoms with Gasteiger partial charge in [-0.15, -0.1) is 0 Å². The Hall–Kier alpha value is -1.67. The van der Waals surface area contributed by atoms with Gasteiger partial charge in [0.05, 0.1) is 13.2 Å². The molecule has 0 bridgehead atoms. The van der Waals surface area contributed by atoms with E-state index < -0.39 is 0 Å². The van der Waals surface area contributed by atoms with Crippen molar-refractivity contribution in [2.24, 2.45) is 10.9 Å². The number of aryl methyl sites for hydroxylation is 1. The van der Waals surface area contributed by atoms with Crippen LogP contribution in [0.4, 0.5) is 0 Å². The van der Waals surface area contributed by atoms with E-state index in [1.807, 2.05) is 0 Å². The summed E-state index contributed by atoms with van der Waals surface area (Å²) in [5.41, 5.74) is 0. The highest BCUT2D eigenvalue weighted by Gasteiger charge is 2.27. The highest BCUT2D eigenvalue weighted by Crippen LogP contribution is 2.19. The lowest BCUT2D eigenvalue weighted by Crippen LogP contribution is -2.53. The van der Waals surface area contributed by atoms with Gasteiger partial charge in [0.1, 0.15) is 6.54 Å². The van der Waals surface area contributed by atoms with Gasteiger partial charge in [0.15, 0.2) is 11.8 Å². The molecular weight excluding hydrogens is 332 g/mol. The summed E-state index contributed by atoms with van der Waals surface area (Å²) >= 11 is 0. The molecule has 0 aliphatic carbocycles. The molecular formula is C18H34N6O2. The molecule has 1 aromatic heterocycles. The summed E-state index contributed by atoms with van der Waals surface area (Å²) in [7, 11) is 0. The van der Waals surface area contributed by atoms with Gasteiger partial charge >= 0.3 is 0 Å². The first-order valence-electron chi connectivity index (χ1n) is 9.81. The van der Waals surface area contributed by atoms with Crippen molar-refractivity contribution < 1.29 is 9.26 Å². The van der Waals surface area contributed by atoms with Gasteiger partial charge in [-0.05, 0) is 12.8 Å². The van der Waals surface area contributed by atoms with Gasteiger partial charge in [0.25, 0.3) is 0 Å². The number of aromatic nitrogens is 2. The molecule has 1 aliphatic rings. The monoisotopic (exact) mass is 366 g/mol. The van der Waals surface area contributed by atoms with Crippen LogP contribution >= 0.6 is 0 Å². The van der Waals surface area contributed by atoms with E-state index in [4.69, 9.17) is 9.26 Å². The first-order chi connectivity index (χ1) is 12.7. The minimum Gasteiger partial charge on any atom is -0.379 e. The number of nitrogens with zero attached hydrogens (tertiary/aromatic N) is 4. The average Bonchev–Trinajstić information content (AvgIpc) is 3.09. The quantitative estimate of drug-likeness (QED) is 0.507. The molecule has 26 heavy (non-hydrogen) atoms. The Kier molecular flexibility index (Phi) is 8.84. The summed E-state index contributed by atoms with van der Waals surface area (Å²) in [5.74, 6) is 2.61. The Labute approximate surface area is 156 Å². The van der Waals surface area contributed by atoms with Crippen LogP contribution in [0.1, 0.15) is 45.3 Å². The van der Waals surface area contributed by atoms with Gasteiger partial charge in [-0.3, -0.25) is 4.90 Å². The maximum atomic E-state index is 5.53. The predicted molar refractivity (Wildman–Crippen MR) is 102 cm³/mol. The van der Waals surface area contributed by atoms with Crippen LogP contribution in [0.3, 0.4) is 0 Å². The van der Waals surface area contributed by atoms with E-state index in [1.54, 1.807) is 6.92 Å². The van der Waals surface area contributed by atoms with Crippen molar-refractivity contribution >= 4 is 5.96 Å². The summed E-state index contributed by atoms with van der Waals surface area (Å²) in [6.45, 7) is 14.1. The van der Waals surface area contributed by atoms with Crippen LogP contribution in [0.25, 0.3) is 0 Å². The molecule has 0 spiro atoms. The van der Waals surface area contributed by atoms with E-state index in [9.17, 15) is 0 Å². The highest BCUT2D eigenvalue weighted by molar-refractivity contribution is 5.79. The largest absolute Gasteiger partial charge is 0.379 e. The first-order valence-corrected chi connectivity index (χ1v) is 9.81. The van der Waals surface area contributed by atoms with Crippen molar-refractivity contribution in [3.63, 3.8) is 0 Å². The van der Waals surface area contributed by atoms with Crippen LogP contribution in [0.15, 0.2) is 9.52 Å². The van der Waals surface area contributed by atoms with Crippen molar-refractivity contribution in [3.05, 3.63) is 11.7 Å². The predicted octanol–water partition coefficient (Wildman–Crippen LogP) is 1.57. The zero-order chi connectivity index (χ0) is 18.8. The van der Waals surface area contributed by atoms with Gasteiger partial charge in [0.2, 0.25) is 5.89 Å². The number of aliphatic imine (C=N–C) groups is 1. The number of morpholine rings is 1. The third-order valence-corrected chi connectivity index (χ3v) is 4.88. The van der Waals surface area contributed by atoms with Gasteiger partial charge in [0, 0.05) is 39.1 Å². The minimum absolute atomic E-state index is 0.403. The number of ether oxygens (including phenoxy) is 1. The van der Waals surface area contributed by atoms with Crippen molar-refractivity contribution in [2.75, 3.05) is 39.4 Å². The zero-order valence-corrected chi connectivity index (χ0v) is 16.6. The van der Waals surface area contributed by atoms with Gasteiger partial charge in [-0.2, -0.15) is 4.98 Å². The van der Waals surface area contributed by atoms with E-state index in [1.165, 1.54) is 12.8 Å². The number of guanidine groups is 1. The average molecular weight is 367 g/mol. The fourth-order valence-corrected chi connectivity index (χ4v) is 3.43. The van der Waals surface area contributed by atoms with Crippen molar-refractivity contribution in [1.82, 2.24) is 25.7 Å². The Balaban J connectivity index is 1.99. The van der Waals surface area contributed by atoms with Gasteiger partial charge < -0.3 is 19.9 Å². The zero-order valence-electron chi connectivity index (χ0n) is 16.6. The van der Waals surface area contributed by atoms with Crippen molar-refractivity contribution in [2.45, 2.75) is 53.1 Å². The Morgan fingerprint density at radius 2 is 1.92 bits per heavy atom. The standard InChI is InChI=1S/C18H34N6O2/c1-5-15(6-2)16(24-8-10-25-11-9-24)12-20-18(19-7-3)21-13-17-22-14(4)26-23-17/h15-16H,5-13H2,1-4H3,(H2,19,20,21). The molecule has 0 saturated carbocycles. The van der Waals surface area contributed by atoms with Crippen LogP contribution in [0.5, 0.6) is 0 Å². The molecule has 2 N–H and O–H groups in total. The lowest BCUT2D eigenvalue weighted by atomic mass is 9.92. The molecule has 8 nitrogen and oxygen atoms in total. The van der Waals surface area contributed by atoms with Crippen LogP contribution in [0.2, 0.25) is 0 Å². The van der Waals surface area contributed by atoms with Crippen molar-refractivity contribution in [1.29, 1.82) is 0 Å². The second-order valence-electron chi connectivity index (χ2n) is 6.60. The van der Waals surface area contributed by atoms with Gasteiger partial charge in [-0.1, -0.05) is 31.8 Å². The molecule has 0 amide bonds. The van der Waals surface area contributed by atoms with E-state index in [2.05, 4.69) is 51.4 Å². The molecule has 0 radical (unpaired) electrons. The second kappa shape index (κ2) is 11.1. The third-order valence-electron chi connectivity index (χ3n) is 4.88. The molecule has 2 heterocycles. The molecule has 1 atom stereocenters. The summed E-state index contributed by atoms with van der Waals surface area (Å²) in [6.07, 6.45) is 2.35. The fourth-order valence-electron chi connectivity index (χ4n) is 3.43. The van der Waals surface area contributed by atoms with E-state index in [-0.39, 0.29) is 0 Å². The summed E-state index contributed by atoms with van der Waals surface area (Å²) in [6, 6.07) is 0.477. The van der Waals surface area contributed by atoms with Crippen LogP contribution in [-0.2, 0) is 11.3 Å². The molecule has 2 rings (SSSR count). The summed E-state index contributed by atoms with van der Waals surface area (Å²) in [4.78, 5) is 11.4. The molecule has 8 heteroatoms. The Bertz CT molecular complexity index is 538. The number of hydrogen-bond acceptors (Lipinski definition) is 6. The molecule has 148 valence electrons. The molecule has 1 aliphatic heterocycles. The Morgan fingerprint density at radius 3 is 2.50 bits per heavy atom. The smallest absolute Gasteiger partial charge is 0.223 e. The molecule has 1 aromatic rings. The van der Waals surface area contributed by atoms with E-state index >= 15 is 0 Å². The van der Waals surface area contributed by atoms with Crippen LogP contribution < -0.4 is 10.6 Å². The molecule has 1 saturated heterocycles. The lowest BCUT2D eigenvalue weighted by molar-refractivity contribution is 0.00272. The number of rotatable bonds is 9. The fraction of sp³-hybridized carbons (Fsp3) is 0.833. The topological polar surface area (TPSA) is 87.8 Å². The SMILES string of the molecule is CCNC(=NCc1noc(C)n1)NCC(C(CC)CC)N1CCOCC1. The second-order valence-corrected chi connectivity index (χ2v) is 6.60. The van der Waals surface area contributed by atoms with Gasteiger partial charge in [-0.25, -0.2) is 4.99 Å². The number of nitrogens with one attached hydrogen (secondary N) is 2. The first kappa shape index (κ1) is 20.6. The normalized spacial score (nSPS) is 17.5.